The zero-order valence-electron chi connectivity index (χ0n) is 12.1. The van der Waals surface area contributed by atoms with Gasteiger partial charge in [-0.1, -0.05) is 31.4 Å². The lowest BCUT2D eigenvalue weighted by atomic mass is 9.70. The van der Waals surface area contributed by atoms with E-state index < -0.39 is 0 Å². The highest BCUT2D eigenvalue weighted by Crippen LogP contribution is 2.38. The first kappa shape index (κ1) is 15.8. The van der Waals surface area contributed by atoms with Crippen LogP contribution in [0.2, 0.25) is 0 Å². The molecule has 2 N–H and O–H groups in total. The van der Waals surface area contributed by atoms with Crippen LogP contribution in [0, 0.1) is 36.0 Å². The molecule has 1 amide bonds. The number of nitrogens with one attached hydrogen (secondary N) is 1. The number of hydrogen-bond acceptors (Lipinski definition) is 2. The van der Waals surface area contributed by atoms with E-state index in [2.05, 4.69) is 38.1 Å². The minimum Gasteiger partial charge on any atom is -0.396 e. The van der Waals surface area contributed by atoms with Crippen molar-refractivity contribution in [3.63, 3.8) is 0 Å². The topological polar surface area (TPSA) is 49.3 Å². The van der Waals surface area contributed by atoms with Gasteiger partial charge in [-0.2, -0.15) is 0 Å². The molecule has 3 unspecified atom stereocenters. The van der Waals surface area contributed by atoms with Crippen LogP contribution in [0.5, 0.6) is 0 Å². The fraction of sp³-hybridized carbons (Fsp3) is 0.688. The maximum absolute atomic E-state index is 11.8. The predicted octanol–water partition coefficient (Wildman–Crippen LogP) is 1.97. The summed E-state index contributed by atoms with van der Waals surface area (Å²) in [6, 6.07) is 0. The smallest absolute Gasteiger partial charge is 0.221 e. The van der Waals surface area contributed by atoms with Crippen LogP contribution in [-0.2, 0) is 4.79 Å². The highest BCUT2D eigenvalue weighted by molar-refractivity contribution is 5.76. The molecule has 1 aliphatic rings. The van der Waals surface area contributed by atoms with Gasteiger partial charge in [-0.05, 0) is 31.1 Å². The van der Waals surface area contributed by atoms with Crippen LogP contribution in [0.15, 0.2) is 11.6 Å². The van der Waals surface area contributed by atoms with E-state index in [9.17, 15) is 9.90 Å². The highest BCUT2D eigenvalue weighted by atomic mass is 16.3. The van der Waals surface area contributed by atoms with E-state index in [0.29, 0.717) is 24.8 Å². The van der Waals surface area contributed by atoms with Crippen molar-refractivity contribution in [1.29, 1.82) is 0 Å². The van der Waals surface area contributed by atoms with Crippen LogP contribution < -0.4 is 5.32 Å². The van der Waals surface area contributed by atoms with Crippen LogP contribution in [0.3, 0.4) is 0 Å². The molecule has 0 aliphatic heterocycles. The normalized spacial score (nSPS) is 26.7. The quantitative estimate of drug-likeness (QED) is 0.588. The summed E-state index contributed by atoms with van der Waals surface area (Å²) in [4.78, 5) is 11.8. The fourth-order valence-electron chi connectivity index (χ4n) is 2.93. The molecule has 0 bridgehead atoms. The van der Waals surface area contributed by atoms with Crippen molar-refractivity contribution >= 4 is 5.91 Å². The number of carbonyl (C=O) groups excluding carboxylic acids is 1. The highest BCUT2D eigenvalue weighted by Gasteiger charge is 2.31. The number of rotatable bonds is 5. The summed E-state index contributed by atoms with van der Waals surface area (Å²) in [6.07, 6.45) is 8.74. The number of hydrogen-bond donors (Lipinski definition) is 2. The number of allylic oxidation sites excluding steroid dienone is 1. The van der Waals surface area contributed by atoms with E-state index in [-0.39, 0.29) is 24.3 Å². The van der Waals surface area contributed by atoms with Crippen LogP contribution >= 0.6 is 0 Å². The Labute approximate surface area is 116 Å². The van der Waals surface area contributed by atoms with Crippen LogP contribution in [0.4, 0.5) is 0 Å². The lowest BCUT2D eigenvalue weighted by molar-refractivity contribution is -0.121. The molecular weight excluding hydrogens is 238 g/mol. The van der Waals surface area contributed by atoms with Gasteiger partial charge in [-0.25, -0.2) is 0 Å². The Kier molecular flexibility index (Phi) is 6.11. The lowest BCUT2D eigenvalue weighted by Crippen LogP contribution is -2.32. The predicted molar refractivity (Wildman–Crippen MR) is 77.2 cm³/mol. The van der Waals surface area contributed by atoms with Crippen molar-refractivity contribution in [2.24, 2.45) is 23.7 Å². The number of aliphatic hydroxyl groups excluding tert-OH is 1. The van der Waals surface area contributed by atoms with Crippen molar-refractivity contribution in [3.05, 3.63) is 11.6 Å². The molecule has 3 nitrogen and oxygen atoms in total. The van der Waals surface area contributed by atoms with E-state index in [1.54, 1.807) is 0 Å². The molecule has 0 aromatic carbocycles. The molecule has 3 atom stereocenters. The molecule has 0 aromatic rings. The fourth-order valence-corrected chi connectivity index (χ4v) is 2.93. The zero-order valence-corrected chi connectivity index (χ0v) is 12.1. The van der Waals surface area contributed by atoms with Gasteiger partial charge in [-0.3, -0.25) is 4.79 Å². The van der Waals surface area contributed by atoms with E-state index in [1.807, 2.05) is 0 Å². The Morgan fingerprint density at radius 2 is 2.32 bits per heavy atom. The van der Waals surface area contributed by atoms with Crippen molar-refractivity contribution in [3.8, 4) is 12.3 Å². The SMILES string of the molecule is C#CCNC(=O)CC1CC(C(C)C)C(CO)C=C1C. The second-order valence-electron chi connectivity index (χ2n) is 5.78. The van der Waals surface area contributed by atoms with Gasteiger partial charge >= 0.3 is 0 Å². The molecule has 0 saturated carbocycles. The molecule has 19 heavy (non-hydrogen) atoms. The summed E-state index contributed by atoms with van der Waals surface area (Å²) in [5.41, 5.74) is 1.21. The minimum atomic E-state index is 0.0145. The summed E-state index contributed by atoms with van der Waals surface area (Å²) < 4.78 is 0. The summed E-state index contributed by atoms with van der Waals surface area (Å²) in [7, 11) is 0. The first-order valence-corrected chi connectivity index (χ1v) is 6.98. The second kappa shape index (κ2) is 7.35. The van der Waals surface area contributed by atoms with Gasteiger partial charge in [0.15, 0.2) is 0 Å². The van der Waals surface area contributed by atoms with Gasteiger partial charge < -0.3 is 10.4 Å². The molecule has 1 rings (SSSR count). The van der Waals surface area contributed by atoms with Gasteiger partial charge in [0.1, 0.15) is 0 Å². The van der Waals surface area contributed by atoms with Gasteiger partial charge in [0.2, 0.25) is 5.91 Å². The molecule has 1 aliphatic carbocycles. The monoisotopic (exact) mass is 263 g/mol. The summed E-state index contributed by atoms with van der Waals surface area (Å²) in [6.45, 7) is 6.89. The first-order valence-electron chi connectivity index (χ1n) is 6.98. The van der Waals surface area contributed by atoms with E-state index in [0.717, 1.165) is 6.42 Å². The molecule has 106 valence electrons. The van der Waals surface area contributed by atoms with Crippen LogP contribution in [-0.4, -0.2) is 24.2 Å². The maximum atomic E-state index is 11.8. The summed E-state index contributed by atoms with van der Waals surface area (Å²) >= 11 is 0. The van der Waals surface area contributed by atoms with Crippen molar-refractivity contribution < 1.29 is 9.90 Å². The molecular formula is C16H25NO2. The Bertz CT molecular complexity index is 379. The Morgan fingerprint density at radius 1 is 1.63 bits per heavy atom. The van der Waals surface area contributed by atoms with E-state index in [1.165, 1.54) is 5.57 Å². The Hall–Kier alpha value is -1.27. The van der Waals surface area contributed by atoms with Gasteiger partial charge in [0.05, 0.1) is 6.54 Å². The van der Waals surface area contributed by atoms with Crippen LogP contribution in [0.25, 0.3) is 0 Å². The van der Waals surface area contributed by atoms with E-state index in [4.69, 9.17) is 6.42 Å². The van der Waals surface area contributed by atoms with Gasteiger partial charge in [-0.15, -0.1) is 6.42 Å². The molecule has 0 aromatic heterocycles. The largest absolute Gasteiger partial charge is 0.396 e. The standard InChI is InChI=1S/C16H25NO2/c1-5-6-17-16(19)9-13-8-15(11(2)3)14(10-18)7-12(13)4/h1,7,11,13-15,18H,6,8-10H2,2-4H3,(H,17,19). The average Bonchev–Trinajstić information content (AvgIpc) is 2.37. The van der Waals surface area contributed by atoms with E-state index >= 15 is 0 Å². The molecule has 0 fully saturated rings. The van der Waals surface area contributed by atoms with Crippen molar-refractivity contribution in [2.45, 2.75) is 33.6 Å². The second-order valence-corrected chi connectivity index (χ2v) is 5.78. The third-order valence-corrected chi connectivity index (χ3v) is 4.11. The molecule has 3 heteroatoms. The Morgan fingerprint density at radius 3 is 2.84 bits per heavy atom. The molecule has 0 heterocycles. The van der Waals surface area contributed by atoms with Crippen molar-refractivity contribution in [2.75, 3.05) is 13.2 Å². The van der Waals surface area contributed by atoms with Gasteiger partial charge in [0, 0.05) is 18.9 Å². The molecule has 0 spiro atoms. The molecule has 0 radical (unpaired) electrons. The van der Waals surface area contributed by atoms with Crippen molar-refractivity contribution in [1.82, 2.24) is 5.32 Å². The summed E-state index contributed by atoms with van der Waals surface area (Å²) in [5.74, 6) is 3.88. The molecule has 0 saturated heterocycles. The Balaban J connectivity index is 2.69. The summed E-state index contributed by atoms with van der Waals surface area (Å²) in [5, 5.41) is 12.2. The average molecular weight is 263 g/mol. The first-order chi connectivity index (χ1) is 8.99. The number of terminal acetylenes is 1. The third kappa shape index (κ3) is 4.40. The van der Waals surface area contributed by atoms with Crippen LogP contribution in [0.1, 0.15) is 33.6 Å². The number of carbonyl (C=O) groups is 1. The van der Waals surface area contributed by atoms with Gasteiger partial charge in [0.25, 0.3) is 0 Å². The lowest BCUT2D eigenvalue weighted by Gasteiger charge is -2.36. The minimum absolute atomic E-state index is 0.0145. The number of amides is 1. The third-order valence-electron chi connectivity index (χ3n) is 4.11. The zero-order chi connectivity index (χ0) is 14.4. The maximum Gasteiger partial charge on any atom is 0.221 e. The number of aliphatic hydroxyl groups is 1.